The monoisotopic (exact) mass is 456 g/mol. The van der Waals surface area contributed by atoms with Crippen molar-refractivity contribution < 1.29 is 4.74 Å². The summed E-state index contributed by atoms with van der Waals surface area (Å²) in [6, 6.07) is 40.5. The van der Waals surface area contributed by atoms with Gasteiger partial charge in [-0.15, -0.1) is 0 Å². The van der Waals surface area contributed by atoms with Gasteiger partial charge < -0.3 is 13.9 Å². The molecule has 35 heavy (non-hydrogen) atoms. The van der Waals surface area contributed by atoms with Gasteiger partial charge in [0.05, 0.1) is 17.6 Å². The predicted molar refractivity (Wildman–Crippen MR) is 144 cm³/mol. The molecule has 0 atom stereocenters. The van der Waals surface area contributed by atoms with Crippen molar-refractivity contribution in [3.05, 3.63) is 132 Å². The summed E-state index contributed by atoms with van der Waals surface area (Å²) in [5, 5.41) is 2.33. The van der Waals surface area contributed by atoms with Crippen LogP contribution >= 0.6 is 0 Å². The van der Waals surface area contributed by atoms with Gasteiger partial charge in [0, 0.05) is 29.1 Å². The number of nitrogens with zero attached hydrogens (tertiary/aromatic N) is 2. The summed E-state index contributed by atoms with van der Waals surface area (Å²) in [4.78, 5) is 0. The molecule has 2 aromatic heterocycles. The molecule has 6 rings (SSSR count). The van der Waals surface area contributed by atoms with Gasteiger partial charge in [-0.25, -0.2) is 0 Å². The summed E-state index contributed by atoms with van der Waals surface area (Å²) in [5.41, 5.74) is 6.24. The van der Waals surface area contributed by atoms with Crippen molar-refractivity contribution in [2.45, 2.75) is 26.4 Å². The van der Waals surface area contributed by atoms with Crippen molar-refractivity contribution in [1.82, 2.24) is 9.13 Å². The predicted octanol–water partition coefficient (Wildman–Crippen LogP) is 8.05. The molecule has 6 aromatic rings. The summed E-state index contributed by atoms with van der Waals surface area (Å²) in [6.45, 7) is 3.83. The number of aromatic nitrogens is 2. The van der Waals surface area contributed by atoms with Crippen LogP contribution in [0, 0.1) is 0 Å². The van der Waals surface area contributed by atoms with Gasteiger partial charge in [0.2, 0.25) is 5.88 Å². The third-order valence-electron chi connectivity index (χ3n) is 6.71. The Balaban J connectivity index is 1.43. The molecule has 0 saturated carbocycles. The maximum atomic E-state index is 6.69. The third-order valence-corrected chi connectivity index (χ3v) is 6.71. The Hall–Kier alpha value is -4.24. The van der Waals surface area contributed by atoms with Gasteiger partial charge in [-0.05, 0) is 41.8 Å². The van der Waals surface area contributed by atoms with Crippen LogP contribution in [-0.2, 0) is 19.5 Å². The summed E-state index contributed by atoms with van der Waals surface area (Å²) < 4.78 is 11.4. The van der Waals surface area contributed by atoms with E-state index in [-0.39, 0.29) is 0 Å². The lowest BCUT2D eigenvalue weighted by atomic mass is 10.2. The van der Waals surface area contributed by atoms with E-state index in [4.69, 9.17) is 4.74 Å². The second-order valence-corrected chi connectivity index (χ2v) is 8.97. The van der Waals surface area contributed by atoms with Crippen molar-refractivity contribution >= 4 is 21.8 Å². The summed E-state index contributed by atoms with van der Waals surface area (Å²) in [5.74, 6) is 1.75. The van der Waals surface area contributed by atoms with Crippen LogP contribution in [0.5, 0.6) is 11.6 Å². The molecule has 0 spiro atoms. The average Bonchev–Trinajstić information content (AvgIpc) is 3.44. The SMILES string of the molecule is CCc1cc2c(Oc3cc4ccccc4n3Cc3ccccc3)cccc2n1Cc1ccccc1. The third kappa shape index (κ3) is 4.10. The Labute approximate surface area is 205 Å². The molecule has 4 aromatic carbocycles. The quantitative estimate of drug-likeness (QED) is 0.238. The normalized spacial score (nSPS) is 11.3. The lowest BCUT2D eigenvalue weighted by molar-refractivity contribution is 0.444. The van der Waals surface area contributed by atoms with Crippen LogP contribution < -0.4 is 4.74 Å². The van der Waals surface area contributed by atoms with Gasteiger partial charge in [0.15, 0.2) is 0 Å². The van der Waals surface area contributed by atoms with Crippen molar-refractivity contribution in [3.63, 3.8) is 0 Å². The number of hydrogen-bond acceptors (Lipinski definition) is 1. The van der Waals surface area contributed by atoms with Crippen LogP contribution in [0.4, 0.5) is 0 Å². The largest absolute Gasteiger partial charge is 0.440 e. The Morgan fingerprint density at radius 3 is 1.94 bits per heavy atom. The number of rotatable bonds is 7. The second kappa shape index (κ2) is 9.19. The molecule has 172 valence electrons. The molecule has 0 fully saturated rings. The molecule has 0 radical (unpaired) electrons. The molecule has 0 aliphatic heterocycles. The van der Waals surface area contributed by atoms with Crippen molar-refractivity contribution in [1.29, 1.82) is 0 Å². The lowest BCUT2D eigenvalue weighted by Gasteiger charge is -2.13. The molecule has 0 bridgehead atoms. The highest BCUT2D eigenvalue weighted by molar-refractivity contribution is 5.88. The molecule has 0 N–H and O–H groups in total. The van der Waals surface area contributed by atoms with Crippen LogP contribution in [0.1, 0.15) is 23.7 Å². The van der Waals surface area contributed by atoms with Gasteiger partial charge in [-0.1, -0.05) is 91.9 Å². The lowest BCUT2D eigenvalue weighted by Crippen LogP contribution is -2.03. The first-order chi connectivity index (χ1) is 17.3. The Morgan fingerprint density at radius 1 is 0.600 bits per heavy atom. The first-order valence-corrected chi connectivity index (χ1v) is 12.3. The van der Waals surface area contributed by atoms with Gasteiger partial charge in [0.25, 0.3) is 0 Å². The van der Waals surface area contributed by atoms with Gasteiger partial charge in [-0.2, -0.15) is 0 Å². The van der Waals surface area contributed by atoms with E-state index < -0.39 is 0 Å². The number of fused-ring (bicyclic) bond motifs is 2. The van der Waals surface area contributed by atoms with Gasteiger partial charge >= 0.3 is 0 Å². The van der Waals surface area contributed by atoms with E-state index in [1.807, 2.05) is 0 Å². The molecule has 3 heteroatoms. The highest BCUT2D eigenvalue weighted by Gasteiger charge is 2.16. The molecule has 0 saturated heterocycles. The van der Waals surface area contributed by atoms with Gasteiger partial charge in [-0.3, -0.25) is 0 Å². The zero-order valence-corrected chi connectivity index (χ0v) is 19.9. The van der Waals surface area contributed by atoms with E-state index >= 15 is 0 Å². The van der Waals surface area contributed by atoms with E-state index in [1.165, 1.54) is 33.2 Å². The molecular weight excluding hydrogens is 428 g/mol. The Bertz CT molecular complexity index is 1590. The molecule has 0 amide bonds. The minimum Gasteiger partial charge on any atom is -0.440 e. The summed E-state index contributed by atoms with van der Waals surface area (Å²) in [7, 11) is 0. The Morgan fingerprint density at radius 2 is 1.23 bits per heavy atom. The first-order valence-electron chi connectivity index (χ1n) is 12.3. The number of benzene rings is 4. The second-order valence-electron chi connectivity index (χ2n) is 8.97. The maximum absolute atomic E-state index is 6.69. The number of para-hydroxylation sites is 1. The fourth-order valence-corrected chi connectivity index (χ4v) is 4.96. The highest BCUT2D eigenvalue weighted by Crippen LogP contribution is 2.36. The van der Waals surface area contributed by atoms with Gasteiger partial charge in [0.1, 0.15) is 5.75 Å². The number of hydrogen-bond donors (Lipinski definition) is 0. The Kier molecular flexibility index (Phi) is 5.59. The van der Waals surface area contributed by atoms with E-state index in [9.17, 15) is 0 Å². The molecular formula is C32H28N2O. The van der Waals surface area contributed by atoms with Crippen molar-refractivity contribution in [2.24, 2.45) is 0 Å². The highest BCUT2D eigenvalue weighted by atomic mass is 16.5. The number of ether oxygens (including phenoxy) is 1. The first kappa shape index (κ1) is 21.3. The summed E-state index contributed by atoms with van der Waals surface area (Å²) >= 11 is 0. The summed E-state index contributed by atoms with van der Waals surface area (Å²) in [6.07, 6.45) is 0.967. The maximum Gasteiger partial charge on any atom is 0.201 e. The van der Waals surface area contributed by atoms with E-state index in [2.05, 4.69) is 131 Å². The topological polar surface area (TPSA) is 19.1 Å². The van der Waals surface area contributed by atoms with E-state index in [0.29, 0.717) is 0 Å². The smallest absolute Gasteiger partial charge is 0.201 e. The number of aryl methyl sites for hydroxylation is 1. The standard InChI is InChI=1S/C32H28N2O/c1-2-27-21-28-30(33(27)22-24-12-5-3-6-13-24)18-11-19-31(28)35-32-20-26-16-9-10-17-29(26)34(32)23-25-14-7-4-8-15-25/h3-21H,2,22-23H2,1H3. The molecule has 3 nitrogen and oxygen atoms in total. The zero-order chi connectivity index (χ0) is 23.6. The average molecular weight is 457 g/mol. The minimum atomic E-state index is 0.759. The van der Waals surface area contributed by atoms with Crippen LogP contribution in [0.15, 0.2) is 115 Å². The van der Waals surface area contributed by atoms with Crippen molar-refractivity contribution in [3.8, 4) is 11.6 Å². The fourth-order valence-electron chi connectivity index (χ4n) is 4.96. The van der Waals surface area contributed by atoms with E-state index in [0.717, 1.165) is 36.5 Å². The molecule has 2 heterocycles. The van der Waals surface area contributed by atoms with E-state index in [1.54, 1.807) is 0 Å². The molecule has 0 aliphatic rings. The fraction of sp³-hybridized carbons (Fsp3) is 0.125. The van der Waals surface area contributed by atoms with Crippen molar-refractivity contribution in [2.75, 3.05) is 0 Å². The van der Waals surface area contributed by atoms with Crippen LogP contribution in [-0.4, -0.2) is 9.13 Å². The molecule has 0 unspecified atom stereocenters. The minimum absolute atomic E-state index is 0.759. The zero-order valence-electron chi connectivity index (χ0n) is 19.9. The van der Waals surface area contributed by atoms with Crippen LogP contribution in [0.3, 0.4) is 0 Å². The molecule has 0 aliphatic carbocycles. The van der Waals surface area contributed by atoms with Crippen LogP contribution in [0.2, 0.25) is 0 Å². The van der Waals surface area contributed by atoms with Crippen LogP contribution in [0.25, 0.3) is 21.8 Å².